The quantitative estimate of drug-likeness (QED) is 0.317. The summed E-state index contributed by atoms with van der Waals surface area (Å²) in [4.78, 5) is 13.8. The highest BCUT2D eigenvalue weighted by Crippen LogP contribution is 2.45. The maximum atomic E-state index is 13.8. The van der Waals surface area contributed by atoms with Gasteiger partial charge in [-0.25, -0.2) is 0 Å². The summed E-state index contributed by atoms with van der Waals surface area (Å²) in [7, 11) is 0. The van der Waals surface area contributed by atoms with Crippen molar-refractivity contribution in [1.82, 2.24) is 0 Å². The van der Waals surface area contributed by atoms with Crippen LogP contribution in [0.2, 0.25) is 0 Å². The first-order chi connectivity index (χ1) is 19.4. The lowest BCUT2D eigenvalue weighted by molar-refractivity contribution is -0.175. The zero-order chi connectivity index (χ0) is 29.9. The molecule has 2 bridgehead atoms. The van der Waals surface area contributed by atoms with E-state index < -0.39 is 41.9 Å². The van der Waals surface area contributed by atoms with Crippen LogP contribution < -0.4 is 0 Å². The summed E-state index contributed by atoms with van der Waals surface area (Å²) in [5.74, 6) is -1.08. The molecule has 7 heteroatoms. The van der Waals surface area contributed by atoms with Gasteiger partial charge in [0.1, 0.15) is 29.8 Å². The molecule has 2 fully saturated rings. The third-order valence-electron chi connectivity index (χ3n) is 9.45. The van der Waals surface area contributed by atoms with Gasteiger partial charge < -0.3 is 29.5 Å². The normalized spacial score (nSPS) is 42.1. The summed E-state index contributed by atoms with van der Waals surface area (Å²) in [5, 5.41) is 33.5. The minimum atomic E-state index is -1.69. The van der Waals surface area contributed by atoms with Crippen LogP contribution in [-0.2, 0) is 19.0 Å². The third-order valence-corrected chi connectivity index (χ3v) is 9.45. The Kier molecular flexibility index (Phi) is 10.5. The van der Waals surface area contributed by atoms with Crippen molar-refractivity contribution in [3.8, 4) is 0 Å². The predicted molar refractivity (Wildman–Crippen MR) is 159 cm³/mol. The number of aliphatic hydroxyl groups is 3. The number of hydrogen-bond acceptors (Lipinski definition) is 7. The van der Waals surface area contributed by atoms with E-state index in [1.807, 2.05) is 31.2 Å². The Labute approximate surface area is 245 Å². The molecule has 1 unspecified atom stereocenters. The number of hydrogen-bond donors (Lipinski definition) is 3. The molecule has 0 spiro atoms. The predicted octanol–water partition coefficient (Wildman–Crippen LogP) is 4.97. The molecule has 0 amide bonds. The Morgan fingerprint density at radius 2 is 1.95 bits per heavy atom. The van der Waals surface area contributed by atoms with E-state index in [1.54, 1.807) is 13.0 Å². The van der Waals surface area contributed by atoms with Gasteiger partial charge in [0.05, 0.1) is 24.9 Å². The van der Waals surface area contributed by atoms with E-state index in [2.05, 4.69) is 39.8 Å². The molecule has 1 aliphatic carbocycles. The molecule has 11 atom stereocenters. The molecule has 228 valence electrons. The molecule has 0 aromatic heterocycles. The number of esters is 1. The average molecular weight is 571 g/mol. The maximum absolute atomic E-state index is 13.8. The molecule has 7 nitrogen and oxygen atoms in total. The molecule has 0 saturated carbocycles. The van der Waals surface area contributed by atoms with Crippen LogP contribution in [0.1, 0.15) is 73.6 Å². The van der Waals surface area contributed by atoms with Crippen LogP contribution in [0.25, 0.3) is 0 Å². The summed E-state index contributed by atoms with van der Waals surface area (Å²) in [6, 6.07) is 0. The van der Waals surface area contributed by atoms with Gasteiger partial charge in [-0.1, -0.05) is 82.2 Å². The van der Waals surface area contributed by atoms with Crippen LogP contribution in [0.3, 0.4) is 0 Å². The lowest BCUT2D eigenvalue weighted by Gasteiger charge is -2.42. The topological polar surface area (TPSA) is 105 Å². The highest BCUT2D eigenvalue weighted by Gasteiger charge is 2.59. The van der Waals surface area contributed by atoms with Gasteiger partial charge >= 0.3 is 5.97 Å². The Morgan fingerprint density at radius 1 is 1.20 bits per heavy atom. The molecular weight excluding hydrogens is 520 g/mol. The number of fused-ring (bicyclic) bond motifs is 2. The second-order valence-electron chi connectivity index (χ2n) is 12.9. The van der Waals surface area contributed by atoms with E-state index in [-0.39, 0.29) is 36.6 Å². The molecule has 3 heterocycles. The van der Waals surface area contributed by atoms with Gasteiger partial charge in [0, 0.05) is 18.8 Å². The average Bonchev–Trinajstić information content (AvgIpc) is 3.28. The van der Waals surface area contributed by atoms with E-state index >= 15 is 0 Å². The SMILES string of the molecule is CCC(C)[C@@H](O)[C@@H](C)/C=C\[C@H]1C[C@@H]2C[C@@H](C/C=C(\C)C[C@@H](C)/C=C/C=C3\CO[C@@H]4[C@H](O)C(C)=C[C@@H](C(=O)O2)[C@]34O)O1. The monoisotopic (exact) mass is 570 g/mol. The number of rotatable bonds is 5. The molecule has 0 aromatic rings. The molecule has 41 heavy (non-hydrogen) atoms. The zero-order valence-electron chi connectivity index (χ0n) is 25.5. The smallest absolute Gasteiger partial charge is 0.316 e. The van der Waals surface area contributed by atoms with Crippen LogP contribution in [0.15, 0.2) is 59.3 Å². The number of aliphatic hydroxyl groups excluding tert-OH is 2. The van der Waals surface area contributed by atoms with Crippen molar-refractivity contribution in [3.05, 3.63) is 59.3 Å². The summed E-state index contributed by atoms with van der Waals surface area (Å²) in [6.45, 7) is 12.3. The van der Waals surface area contributed by atoms with Crippen molar-refractivity contribution >= 4 is 5.97 Å². The fraction of sp³-hybridized carbons (Fsp3) is 0.676. The van der Waals surface area contributed by atoms with Crippen molar-refractivity contribution in [2.45, 2.75) is 116 Å². The Bertz CT molecular complexity index is 1090. The van der Waals surface area contributed by atoms with Gasteiger partial charge in [0.2, 0.25) is 0 Å². The largest absolute Gasteiger partial charge is 0.462 e. The van der Waals surface area contributed by atoms with Crippen LogP contribution >= 0.6 is 0 Å². The highest BCUT2D eigenvalue weighted by atomic mass is 16.6. The van der Waals surface area contributed by atoms with Crippen molar-refractivity contribution in [1.29, 1.82) is 0 Å². The standard InChI is InChI=1S/C34H50O7/c1-7-22(4)30(35)23(5)12-14-27-18-28-17-26(40-27)13-11-21(3)15-20(2)9-8-10-25-19-39-32-31(36)24(6)16-29(33(37)41-28)34(25,32)38/h8-12,14,16,20,22-23,26-32,35-36,38H,7,13,15,17-19H2,1-6H3/b9-8+,14-12-,21-11+,25-10+/t20-,22?,23-,26+,27-,28-,29-,30+,31+,32+,34+/m0/s1. The Morgan fingerprint density at radius 3 is 2.68 bits per heavy atom. The molecule has 2 saturated heterocycles. The second-order valence-corrected chi connectivity index (χ2v) is 12.9. The van der Waals surface area contributed by atoms with Crippen molar-refractivity contribution in [2.75, 3.05) is 6.61 Å². The summed E-state index contributed by atoms with van der Waals surface area (Å²) in [5.41, 5.74) is 0.721. The molecular formula is C34H50O7. The van der Waals surface area contributed by atoms with Gasteiger partial charge in [0.15, 0.2) is 0 Å². The molecule has 3 aliphatic heterocycles. The summed E-state index contributed by atoms with van der Waals surface area (Å²) in [6.07, 6.45) is 14.1. The first kappa shape index (κ1) is 31.9. The van der Waals surface area contributed by atoms with Crippen molar-refractivity contribution < 1.29 is 34.3 Å². The van der Waals surface area contributed by atoms with Gasteiger partial charge in [-0.3, -0.25) is 4.79 Å². The number of allylic oxidation sites excluding steroid dienone is 4. The van der Waals surface area contributed by atoms with Crippen LogP contribution in [-0.4, -0.2) is 70.1 Å². The molecule has 3 N–H and O–H groups in total. The Hall–Kier alpha value is -2.03. The van der Waals surface area contributed by atoms with E-state index in [0.29, 0.717) is 30.4 Å². The minimum absolute atomic E-state index is 0.0299. The van der Waals surface area contributed by atoms with E-state index in [9.17, 15) is 20.1 Å². The minimum Gasteiger partial charge on any atom is -0.462 e. The number of ether oxygens (including phenoxy) is 3. The van der Waals surface area contributed by atoms with Gasteiger partial charge in [-0.15, -0.1) is 0 Å². The lowest BCUT2D eigenvalue weighted by Crippen LogP contribution is -2.57. The first-order valence-corrected chi connectivity index (χ1v) is 15.4. The number of carbonyl (C=O) groups excluding carboxylic acids is 1. The lowest BCUT2D eigenvalue weighted by atomic mass is 9.71. The first-order valence-electron chi connectivity index (χ1n) is 15.4. The molecule has 0 radical (unpaired) electrons. The third kappa shape index (κ3) is 7.14. The molecule has 4 aliphatic rings. The second kappa shape index (κ2) is 13.5. The van der Waals surface area contributed by atoms with Crippen molar-refractivity contribution in [2.24, 2.45) is 23.7 Å². The van der Waals surface area contributed by atoms with E-state index in [1.165, 1.54) is 5.57 Å². The van der Waals surface area contributed by atoms with E-state index in [4.69, 9.17) is 14.2 Å². The summed E-state index contributed by atoms with van der Waals surface area (Å²) >= 11 is 0. The van der Waals surface area contributed by atoms with Crippen molar-refractivity contribution in [3.63, 3.8) is 0 Å². The number of carbonyl (C=O) groups is 1. The van der Waals surface area contributed by atoms with E-state index in [0.717, 1.165) is 12.8 Å². The summed E-state index contributed by atoms with van der Waals surface area (Å²) < 4.78 is 18.5. The maximum Gasteiger partial charge on any atom is 0.316 e. The fourth-order valence-electron chi connectivity index (χ4n) is 6.61. The van der Waals surface area contributed by atoms with Gasteiger partial charge in [-0.05, 0) is 49.7 Å². The van der Waals surface area contributed by atoms with Crippen LogP contribution in [0.5, 0.6) is 0 Å². The van der Waals surface area contributed by atoms with Gasteiger partial charge in [-0.2, -0.15) is 0 Å². The Balaban J connectivity index is 1.64. The van der Waals surface area contributed by atoms with Crippen LogP contribution in [0.4, 0.5) is 0 Å². The highest BCUT2D eigenvalue weighted by molar-refractivity contribution is 5.78. The molecule has 4 rings (SSSR count). The van der Waals surface area contributed by atoms with Crippen LogP contribution in [0, 0.1) is 23.7 Å². The zero-order valence-corrected chi connectivity index (χ0v) is 25.5. The molecule has 0 aromatic carbocycles. The fourth-order valence-corrected chi connectivity index (χ4v) is 6.61. The van der Waals surface area contributed by atoms with Gasteiger partial charge in [0.25, 0.3) is 0 Å².